The van der Waals surface area contributed by atoms with Gasteiger partial charge < -0.3 is 10.4 Å². The number of hydrogen-bond acceptors (Lipinski definition) is 4. The van der Waals surface area contributed by atoms with E-state index in [4.69, 9.17) is 5.11 Å². The molecule has 0 fully saturated rings. The molecule has 2 aromatic carbocycles. The fourth-order valence-corrected chi connectivity index (χ4v) is 2.27. The lowest BCUT2D eigenvalue weighted by Crippen LogP contribution is -2.01. The van der Waals surface area contributed by atoms with Gasteiger partial charge in [-0.3, -0.25) is 0 Å². The fraction of sp³-hybridized carbons (Fsp3) is 0.0556. The summed E-state index contributed by atoms with van der Waals surface area (Å²) >= 11 is 0. The van der Waals surface area contributed by atoms with E-state index >= 15 is 0 Å². The average molecular weight is 305 g/mol. The summed E-state index contributed by atoms with van der Waals surface area (Å²) in [7, 11) is 0. The lowest BCUT2D eigenvalue weighted by Gasteiger charge is -2.09. The molecule has 2 N–H and O–H groups in total. The third-order valence-electron chi connectivity index (χ3n) is 3.29. The minimum atomic E-state index is -0.961. The number of benzene rings is 2. The Balaban J connectivity index is 1.93. The molecule has 0 unspecified atom stereocenters. The zero-order valence-electron chi connectivity index (χ0n) is 12.5. The molecule has 23 heavy (non-hydrogen) atoms. The summed E-state index contributed by atoms with van der Waals surface area (Å²) in [4.78, 5) is 19.9. The number of carboxylic acids is 1. The normalized spacial score (nSPS) is 10.3. The number of carbonyl (C=O) groups is 1. The molecular formula is C18H15N3O2. The topological polar surface area (TPSA) is 75.1 Å². The van der Waals surface area contributed by atoms with Gasteiger partial charge in [-0.05, 0) is 25.1 Å². The van der Waals surface area contributed by atoms with E-state index in [1.54, 1.807) is 24.3 Å². The van der Waals surface area contributed by atoms with Crippen LogP contribution in [0.15, 0.2) is 60.7 Å². The quantitative estimate of drug-likeness (QED) is 0.764. The van der Waals surface area contributed by atoms with Gasteiger partial charge in [0.1, 0.15) is 11.6 Å². The number of aromatic nitrogens is 2. The van der Waals surface area contributed by atoms with Gasteiger partial charge >= 0.3 is 5.97 Å². The van der Waals surface area contributed by atoms with Crippen molar-refractivity contribution < 1.29 is 9.90 Å². The van der Waals surface area contributed by atoms with Crippen molar-refractivity contribution in [1.29, 1.82) is 0 Å². The van der Waals surface area contributed by atoms with Crippen molar-refractivity contribution in [2.75, 3.05) is 5.32 Å². The lowest BCUT2D eigenvalue weighted by atomic mass is 10.1. The second kappa shape index (κ2) is 6.27. The number of aromatic carboxylic acids is 1. The van der Waals surface area contributed by atoms with Crippen LogP contribution in [0.1, 0.15) is 16.2 Å². The van der Waals surface area contributed by atoms with E-state index in [0.717, 1.165) is 11.3 Å². The highest BCUT2D eigenvalue weighted by molar-refractivity contribution is 5.89. The zero-order chi connectivity index (χ0) is 16.2. The number of anilines is 2. The van der Waals surface area contributed by atoms with E-state index in [9.17, 15) is 4.79 Å². The first-order valence-corrected chi connectivity index (χ1v) is 7.13. The van der Waals surface area contributed by atoms with Crippen molar-refractivity contribution in [3.8, 4) is 11.3 Å². The second-order valence-electron chi connectivity index (χ2n) is 5.06. The zero-order valence-corrected chi connectivity index (χ0v) is 12.5. The number of aryl methyl sites for hydroxylation is 1. The highest BCUT2D eigenvalue weighted by Crippen LogP contribution is 2.22. The van der Waals surface area contributed by atoms with Crippen LogP contribution in [-0.4, -0.2) is 21.0 Å². The van der Waals surface area contributed by atoms with Crippen molar-refractivity contribution in [3.05, 3.63) is 72.1 Å². The van der Waals surface area contributed by atoms with E-state index in [-0.39, 0.29) is 5.56 Å². The number of nitrogens with one attached hydrogen (secondary N) is 1. The highest BCUT2D eigenvalue weighted by Gasteiger charge is 2.07. The molecule has 0 amide bonds. The van der Waals surface area contributed by atoms with E-state index in [1.807, 2.05) is 43.3 Å². The van der Waals surface area contributed by atoms with Crippen LogP contribution >= 0.6 is 0 Å². The van der Waals surface area contributed by atoms with Crippen molar-refractivity contribution in [2.45, 2.75) is 6.92 Å². The summed E-state index contributed by atoms with van der Waals surface area (Å²) in [5, 5.41) is 12.2. The minimum Gasteiger partial charge on any atom is -0.478 e. The number of nitrogens with zero attached hydrogens (tertiary/aromatic N) is 2. The van der Waals surface area contributed by atoms with Crippen molar-refractivity contribution in [2.24, 2.45) is 0 Å². The average Bonchev–Trinajstić information content (AvgIpc) is 2.55. The fourth-order valence-electron chi connectivity index (χ4n) is 2.27. The molecule has 0 aliphatic carbocycles. The predicted octanol–water partition coefficient (Wildman–Crippen LogP) is 3.89. The first-order chi connectivity index (χ1) is 11.1. The maximum absolute atomic E-state index is 11.0. The summed E-state index contributed by atoms with van der Waals surface area (Å²) in [5.41, 5.74) is 2.71. The highest BCUT2D eigenvalue weighted by atomic mass is 16.4. The molecule has 0 aliphatic rings. The van der Waals surface area contributed by atoms with Crippen LogP contribution in [-0.2, 0) is 0 Å². The van der Waals surface area contributed by atoms with E-state index < -0.39 is 5.97 Å². The Bertz CT molecular complexity index is 848. The van der Waals surface area contributed by atoms with Gasteiger partial charge in [-0.2, -0.15) is 0 Å². The standard InChI is InChI=1S/C18H15N3O2/c1-12-19-16(13-6-3-2-4-7-13)11-17(20-12)21-15-9-5-8-14(10-15)18(22)23/h2-11H,1H3,(H,22,23)(H,19,20,21). The summed E-state index contributed by atoms with van der Waals surface area (Å²) in [5.74, 6) is 0.305. The van der Waals surface area contributed by atoms with E-state index in [0.29, 0.717) is 17.3 Å². The predicted molar refractivity (Wildman–Crippen MR) is 88.9 cm³/mol. The van der Waals surface area contributed by atoms with Crippen molar-refractivity contribution >= 4 is 17.5 Å². The molecule has 3 rings (SSSR count). The van der Waals surface area contributed by atoms with Gasteiger partial charge in [-0.25, -0.2) is 14.8 Å². The molecule has 0 radical (unpaired) electrons. The number of rotatable bonds is 4. The molecule has 0 spiro atoms. The molecule has 3 aromatic rings. The van der Waals surface area contributed by atoms with Crippen molar-refractivity contribution in [1.82, 2.24) is 9.97 Å². The lowest BCUT2D eigenvalue weighted by molar-refractivity contribution is 0.0697. The molecule has 0 saturated carbocycles. The molecule has 0 atom stereocenters. The Morgan fingerprint density at radius 2 is 1.78 bits per heavy atom. The molecule has 114 valence electrons. The summed E-state index contributed by atoms with van der Waals surface area (Å²) in [6, 6.07) is 18.3. The Kier molecular flexibility index (Phi) is 4.01. The van der Waals surface area contributed by atoms with Crippen LogP contribution < -0.4 is 5.32 Å². The molecule has 1 heterocycles. The van der Waals surface area contributed by atoms with Gasteiger partial charge in [0.05, 0.1) is 11.3 Å². The molecular weight excluding hydrogens is 290 g/mol. The Hall–Kier alpha value is -3.21. The molecule has 5 nitrogen and oxygen atoms in total. The monoisotopic (exact) mass is 305 g/mol. The maximum Gasteiger partial charge on any atom is 0.335 e. The smallest absolute Gasteiger partial charge is 0.335 e. The summed E-state index contributed by atoms with van der Waals surface area (Å²) in [6.07, 6.45) is 0. The third-order valence-corrected chi connectivity index (χ3v) is 3.29. The second-order valence-corrected chi connectivity index (χ2v) is 5.06. The minimum absolute atomic E-state index is 0.226. The van der Waals surface area contributed by atoms with Gasteiger partial charge in [0.2, 0.25) is 0 Å². The van der Waals surface area contributed by atoms with Crippen LogP contribution in [0.2, 0.25) is 0 Å². The van der Waals surface area contributed by atoms with Crippen LogP contribution in [0.3, 0.4) is 0 Å². The van der Waals surface area contributed by atoms with Crippen LogP contribution in [0.4, 0.5) is 11.5 Å². The first-order valence-electron chi connectivity index (χ1n) is 7.13. The van der Waals surface area contributed by atoms with Gasteiger partial charge in [-0.15, -0.1) is 0 Å². The SMILES string of the molecule is Cc1nc(Nc2cccc(C(=O)O)c2)cc(-c2ccccc2)n1. The summed E-state index contributed by atoms with van der Waals surface area (Å²) < 4.78 is 0. The summed E-state index contributed by atoms with van der Waals surface area (Å²) in [6.45, 7) is 1.82. The first kappa shape index (κ1) is 14.7. The molecule has 5 heteroatoms. The number of carboxylic acid groups (broad SMARTS) is 1. The number of hydrogen-bond donors (Lipinski definition) is 2. The molecule has 0 saturated heterocycles. The maximum atomic E-state index is 11.0. The molecule has 1 aromatic heterocycles. The van der Waals surface area contributed by atoms with Crippen LogP contribution in [0.25, 0.3) is 11.3 Å². The Labute approximate surface area is 133 Å². The third kappa shape index (κ3) is 3.52. The van der Waals surface area contributed by atoms with Gasteiger partial charge in [0.25, 0.3) is 0 Å². The van der Waals surface area contributed by atoms with Crippen LogP contribution in [0, 0.1) is 6.92 Å². The van der Waals surface area contributed by atoms with E-state index in [1.165, 1.54) is 0 Å². The Morgan fingerprint density at radius 3 is 2.52 bits per heavy atom. The van der Waals surface area contributed by atoms with Gasteiger partial charge in [0, 0.05) is 17.3 Å². The van der Waals surface area contributed by atoms with Gasteiger partial charge in [-0.1, -0.05) is 36.4 Å². The molecule has 0 aliphatic heterocycles. The largest absolute Gasteiger partial charge is 0.478 e. The Morgan fingerprint density at radius 1 is 1.00 bits per heavy atom. The van der Waals surface area contributed by atoms with Crippen LogP contribution in [0.5, 0.6) is 0 Å². The van der Waals surface area contributed by atoms with Crippen molar-refractivity contribution in [3.63, 3.8) is 0 Å². The van der Waals surface area contributed by atoms with E-state index in [2.05, 4.69) is 15.3 Å². The van der Waals surface area contributed by atoms with Gasteiger partial charge in [0.15, 0.2) is 0 Å². The molecule has 0 bridgehead atoms.